The van der Waals surface area contributed by atoms with E-state index in [9.17, 15) is 18.8 Å². The smallest absolute Gasteiger partial charge is 0.270 e. The molecule has 4 aromatic rings. The van der Waals surface area contributed by atoms with E-state index in [0.717, 1.165) is 10.9 Å². The number of hydrogen-bond acceptors (Lipinski definition) is 4. The first-order chi connectivity index (χ1) is 17.8. The number of aromatic nitrogens is 1. The SMILES string of the molecule is O=C(Cn1cc(/C=C2\C(=O)NC(=S)N(c3ccccc3Cl)C2=O)c2ccccc21)Nc1ccc(F)cc1. The summed E-state index contributed by atoms with van der Waals surface area (Å²) in [6.07, 6.45) is 3.16. The van der Waals surface area contributed by atoms with Crippen LogP contribution in [-0.2, 0) is 20.9 Å². The summed E-state index contributed by atoms with van der Waals surface area (Å²) in [6.45, 7) is -0.0446. The van der Waals surface area contributed by atoms with E-state index in [-0.39, 0.29) is 23.1 Å². The van der Waals surface area contributed by atoms with Crippen LogP contribution in [0.15, 0.2) is 84.6 Å². The monoisotopic (exact) mass is 532 g/mol. The van der Waals surface area contributed by atoms with Crippen LogP contribution in [0.2, 0.25) is 5.02 Å². The number of nitrogens with zero attached hydrogens (tertiary/aromatic N) is 2. The van der Waals surface area contributed by atoms with E-state index in [2.05, 4.69) is 10.6 Å². The summed E-state index contributed by atoms with van der Waals surface area (Å²) >= 11 is 11.5. The van der Waals surface area contributed by atoms with Gasteiger partial charge in [-0.1, -0.05) is 41.9 Å². The largest absolute Gasteiger partial charge is 0.337 e. The van der Waals surface area contributed by atoms with Gasteiger partial charge in [0.25, 0.3) is 11.8 Å². The van der Waals surface area contributed by atoms with E-state index in [1.165, 1.54) is 35.2 Å². The first-order valence-electron chi connectivity index (χ1n) is 11.1. The van der Waals surface area contributed by atoms with E-state index in [4.69, 9.17) is 23.8 Å². The van der Waals surface area contributed by atoms with Crippen molar-refractivity contribution in [3.8, 4) is 0 Å². The fourth-order valence-corrected chi connectivity index (χ4v) is 4.57. The summed E-state index contributed by atoms with van der Waals surface area (Å²) in [5.41, 5.74) is 1.98. The van der Waals surface area contributed by atoms with E-state index in [1.54, 1.807) is 35.0 Å². The van der Waals surface area contributed by atoms with E-state index < -0.39 is 17.6 Å². The number of amides is 3. The molecule has 1 fully saturated rings. The van der Waals surface area contributed by atoms with Gasteiger partial charge in [-0.05, 0) is 60.8 Å². The van der Waals surface area contributed by atoms with Crippen LogP contribution in [0.5, 0.6) is 0 Å². The Kier molecular flexibility index (Phi) is 6.56. The molecule has 0 radical (unpaired) electrons. The molecule has 1 aromatic heterocycles. The van der Waals surface area contributed by atoms with Crippen LogP contribution in [0.25, 0.3) is 17.0 Å². The number of carbonyl (C=O) groups excluding carboxylic acids is 3. The third-order valence-corrected chi connectivity index (χ3v) is 6.36. The first-order valence-corrected chi connectivity index (χ1v) is 11.9. The van der Waals surface area contributed by atoms with Crippen LogP contribution in [0.3, 0.4) is 0 Å². The van der Waals surface area contributed by atoms with Gasteiger partial charge < -0.3 is 9.88 Å². The van der Waals surface area contributed by atoms with Crippen LogP contribution in [0.1, 0.15) is 5.56 Å². The van der Waals surface area contributed by atoms with Crippen LogP contribution >= 0.6 is 23.8 Å². The number of thiocarbonyl (C=S) groups is 1. The Morgan fingerprint density at radius 2 is 1.73 bits per heavy atom. The second-order valence-electron chi connectivity index (χ2n) is 8.19. The van der Waals surface area contributed by atoms with Gasteiger partial charge in [-0.2, -0.15) is 0 Å². The molecule has 1 saturated heterocycles. The molecular weight excluding hydrogens is 515 g/mol. The highest BCUT2D eigenvalue weighted by Gasteiger charge is 2.35. The Morgan fingerprint density at radius 3 is 2.49 bits per heavy atom. The summed E-state index contributed by atoms with van der Waals surface area (Å²) in [7, 11) is 0. The second-order valence-corrected chi connectivity index (χ2v) is 8.99. The lowest BCUT2D eigenvalue weighted by molar-refractivity contribution is -0.122. The lowest BCUT2D eigenvalue weighted by atomic mass is 10.1. The molecule has 0 unspecified atom stereocenters. The average molecular weight is 533 g/mol. The molecular formula is C27H18ClFN4O3S. The Hall–Kier alpha value is -4.34. The highest BCUT2D eigenvalue weighted by atomic mass is 35.5. The average Bonchev–Trinajstić information content (AvgIpc) is 3.21. The molecule has 2 heterocycles. The molecule has 3 amide bonds. The number of rotatable bonds is 5. The van der Waals surface area contributed by atoms with Crippen molar-refractivity contribution in [2.75, 3.05) is 10.2 Å². The standard InChI is InChI=1S/C27H18ClFN4O3S/c28-21-6-2-4-8-23(21)33-26(36)20(25(35)31-27(33)37)13-16-14-32(22-7-3-1-5-19(16)22)15-24(34)30-18-11-9-17(29)10-12-18/h1-14H,15H2,(H,30,34)(H,31,35,37)/b20-13+. The maximum Gasteiger partial charge on any atom is 0.270 e. The number of anilines is 2. The maximum atomic E-state index is 13.4. The lowest BCUT2D eigenvalue weighted by Crippen LogP contribution is -2.54. The van der Waals surface area contributed by atoms with E-state index in [1.807, 2.05) is 24.3 Å². The number of benzene rings is 3. The molecule has 0 bridgehead atoms. The van der Waals surface area contributed by atoms with E-state index in [0.29, 0.717) is 22.0 Å². The number of halogens is 2. The molecule has 0 spiro atoms. The molecule has 0 saturated carbocycles. The number of nitrogens with one attached hydrogen (secondary N) is 2. The highest BCUT2D eigenvalue weighted by Crippen LogP contribution is 2.30. The minimum absolute atomic E-state index is 0.0446. The third kappa shape index (κ3) is 4.87. The van der Waals surface area contributed by atoms with Gasteiger partial charge >= 0.3 is 0 Å². The second kappa shape index (κ2) is 9.96. The fourth-order valence-electron chi connectivity index (χ4n) is 4.07. The van der Waals surface area contributed by atoms with Crippen molar-refractivity contribution in [3.05, 3.63) is 101 Å². The van der Waals surface area contributed by atoms with Gasteiger partial charge in [-0.25, -0.2) is 4.39 Å². The molecule has 7 nitrogen and oxygen atoms in total. The molecule has 10 heteroatoms. The maximum absolute atomic E-state index is 13.4. The van der Waals surface area contributed by atoms with Crippen LogP contribution < -0.4 is 15.5 Å². The molecule has 0 aliphatic carbocycles. The predicted molar refractivity (Wildman–Crippen MR) is 145 cm³/mol. The minimum Gasteiger partial charge on any atom is -0.337 e. The van der Waals surface area contributed by atoms with Crippen molar-refractivity contribution >= 4 is 75.0 Å². The molecule has 2 N–H and O–H groups in total. The Morgan fingerprint density at radius 1 is 1.03 bits per heavy atom. The van der Waals surface area contributed by atoms with Gasteiger partial charge in [-0.3, -0.25) is 24.6 Å². The normalized spacial score (nSPS) is 14.8. The zero-order chi connectivity index (χ0) is 26.1. The highest BCUT2D eigenvalue weighted by molar-refractivity contribution is 7.80. The lowest BCUT2D eigenvalue weighted by Gasteiger charge is -2.29. The number of para-hydroxylation sites is 2. The van der Waals surface area contributed by atoms with Crippen molar-refractivity contribution in [1.82, 2.24) is 9.88 Å². The number of carbonyl (C=O) groups is 3. The summed E-state index contributed by atoms with van der Waals surface area (Å²) in [4.78, 5) is 40.1. The molecule has 5 rings (SSSR count). The van der Waals surface area contributed by atoms with Crippen molar-refractivity contribution in [1.29, 1.82) is 0 Å². The van der Waals surface area contributed by atoms with Crippen LogP contribution in [-0.4, -0.2) is 27.4 Å². The van der Waals surface area contributed by atoms with Gasteiger partial charge in [0.1, 0.15) is 17.9 Å². The fraction of sp³-hybridized carbons (Fsp3) is 0.0370. The van der Waals surface area contributed by atoms with Crippen molar-refractivity contribution in [2.45, 2.75) is 6.54 Å². The summed E-state index contributed by atoms with van der Waals surface area (Å²) < 4.78 is 14.9. The van der Waals surface area contributed by atoms with Gasteiger partial charge in [0.15, 0.2) is 5.11 Å². The van der Waals surface area contributed by atoms with E-state index >= 15 is 0 Å². The first kappa shape index (κ1) is 24.4. The summed E-state index contributed by atoms with van der Waals surface area (Å²) in [5, 5.41) is 6.25. The molecule has 1 aliphatic rings. The zero-order valence-corrected chi connectivity index (χ0v) is 20.6. The topological polar surface area (TPSA) is 83.4 Å². The van der Waals surface area contributed by atoms with Crippen molar-refractivity contribution < 1.29 is 18.8 Å². The molecule has 184 valence electrons. The minimum atomic E-state index is -0.635. The molecule has 1 aliphatic heterocycles. The Bertz CT molecular complexity index is 1610. The van der Waals surface area contributed by atoms with Crippen LogP contribution in [0.4, 0.5) is 15.8 Å². The molecule has 37 heavy (non-hydrogen) atoms. The van der Waals surface area contributed by atoms with Gasteiger partial charge in [0.2, 0.25) is 5.91 Å². The Labute approximate surface area is 221 Å². The van der Waals surface area contributed by atoms with Crippen molar-refractivity contribution in [3.63, 3.8) is 0 Å². The van der Waals surface area contributed by atoms with Crippen LogP contribution in [0, 0.1) is 5.82 Å². The number of fused-ring (bicyclic) bond motifs is 1. The zero-order valence-electron chi connectivity index (χ0n) is 19.1. The summed E-state index contributed by atoms with van der Waals surface area (Å²) in [6, 6.07) is 19.5. The van der Waals surface area contributed by atoms with Gasteiger partial charge in [0, 0.05) is 28.4 Å². The number of hydrogen-bond donors (Lipinski definition) is 2. The molecule has 0 atom stereocenters. The van der Waals surface area contributed by atoms with Gasteiger partial charge in [-0.15, -0.1) is 0 Å². The van der Waals surface area contributed by atoms with Gasteiger partial charge in [0.05, 0.1) is 10.7 Å². The Balaban J connectivity index is 1.49. The summed E-state index contributed by atoms with van der Waals surface area (Å²) in [5.74, 6) is -1.98. The third-order valence-electron chi connectivity index (χ3n) is 5.76. The molecule has 3 aromatic carbocycles. The van der Waals surface area contributed by atoms with Crippen molar-refractivity contribution in [2.24, 2.45) is 0 Å². The quantitative estimate of drug-likeness (QED) is 0.217. The predicted octanol–water partition coefficient (Wildman–Crippen LogP) is 4.90.